The number of pyridine rings is 1. The highest BCUT2D eigenvalue weighted by atomic mass is 16.7. The second-order valence-electron chi connectivity index (χ2n) is 9.94. The molecule has 0 unspecified atom stereocenters. The zero-order chi connectivity index (χ0) is 24.0. The van der Waals surface area contributed by atoms with Gasteiger partial charge in [-0.1, -0.05) is 20.8 Å². The molecule has 3 rings (SSSR count). The molecule has 2 amide bonds. The number of hydrogen-bond donors (Lipinski definition) is 1. The van der Waals surface area contributed by atoms with Crippen molar-refractivity contribution in [1.29, 1.82) is 0 Å². The van der Waals surface area contributed by atoms with E-state index in [9.17, 15) is 9.59 Å². The van der Waals surface area contributed by atoms with Crippen LogP contribution in [0.1, 0.15) is 58.6 Å². The minimum absolute atomic E-state index is 0.0116. The van der Waals surface area contributed by atoms with E-state index >= 15 is 0 Å². The molecule has 33 heavy (non-hydrogen) atoms. The number of nitrogens with one attached hydrogen (secondary N) is 1. The van der Waals surface area contributed by atoms with E-state index in [4.69, 9.17) is 14.2 Å². The van der Waals surface area contributed by atoms with E-state index in [1.54, 1.807) is 31.4 Å². The average Bonchev–Trinajstić information content (AvgIpc) is 2.79. The molecule has 1 aromatic heterocycles. The fourth-order valence-corrected chi connectivity index (χ4v) is 5.02. The Morgan fingerprint density at radius 3 is 2.61 bits per heavy atom. The van der Waals surface area contributed by atoms with Crippen LogP contribution in [-0.2, 0) is 30.2 Å². The standard InChI is InChI=1S/C25H39N3O5/c1-17(2)12-22-25(33-16-32-5,24(30)28(22)15-31-4)14-21-13-20(10-11-26-21)27-23(29)19-8-6-18(3)7-9-19/h10-11,13,17-19,22H,6-9,12,14-16H2,1-5H3,(H,26,27,29)/t18-,19-,22-,25+/m0/s1. The van der Waals surface area contributed by atoms with Gasteiger partial charge in [0, 0.05) is 44.1 Å². The Balaban J connectivity index is 1.76. The molecule has 1 aromatic rings. The number of carbonyl (C=O) groups is 2. The molecular formula is C25H39N3O5. The van der Waals surface area contributed by atoms with E-state index in [-0.39, 0.29) is 37.3 Å². The van der Waals surface area contributed by atoms with Gasteiger partial charge in [0.15, 0.2) is 5.60 Å². The Hall–Kier alpha value is -2.03. The number of ether oxygens (including phenoxy) is 3. The van der Waals surface area contributed by atoms with E-state index in [1.807, 2.05) is 6.07 Å². The zero-order valence-electron chi connectivity index (χ0n) is 20.6. The topological polar surface area (TPSA) is 90.0 Å². The summed E-state index contributed by atoms with van der Waals surface area (Å²) in [6, 6.07) is 3.49. The predicted molar refractivity (Wildman–Crippen MR) is 125 cm³/mol. The van der Waals surface area contributed by atoms with Gasteiger partial charge in [-0.3, -0.25) is 14.6 Å². The maximum atomic E-state index is 13.2. The van der Waals surface area contributed by atoms with E-state index in [1.165, 1.54) is 0 Å². The molecule has 1 aliphatic heterocycles. The number of β-lactam (4-membered cyclic amide) rings is 1. The molecular weight excluding hydrogens is 422 g/mol. The number of nitrogens with zero attached hydrogens (tertiary/aromatic N) is 2. The maximum Gasteiger partial charge on any atom is 0.259 e. The number of methoxy groups -OCH3 is 2. The summed E-state index contributed by atoms with van der Waals surface area (Å²) in [6.45, 7) is 6.72. The van der Waals surface area contributed by atoms with Crippen molar-refractivity contribution in [3.63, 3.8) is 0 Å². The van der Waals surface area contributed by atoms with Crippen molar-refractivity contribution in [2.24, 2.45) is 17.8 Å². The highest BCUT2D eigenvalue weighted by Gasteiger charge is 2.62. The number of hydrogen-bond acceptors (Lipinski definition) is 6. The van der Waals surface area contributed by atoms with Crippen LogP contribution in [0.5, 0.6) is 0 Å². The fourth-order valence-electron chi connectivity index (χ4n) is 5.02. The number of amides is 2. The third-order valence-corrected chi connectivity index (χ3v) is 6.85. The normalized spacial score (nSPS) is 27.5. The number of likely N-dealkylation sites (tertiary alicyclic amines) is 1. The average molecular weight is 462 g/mol. The van der Waals surface area contributed by atoms with E-state index in [2.05, 4.69) is 31.1 Å². The number of carbonyl (C=O) groups excluding carboxylic acids is 2. The van der Waals surface area contributed by atoms with Crippen LogP contribution in [-0.4, -0.2) is 61.1 Å². The van der Waals surface area contributed by atoms with Crippen LogP contribution in [0.2, 0.25) is 0 Å². The first kappa shape index (κ1) is 25.6. The number of aromatic nitrogens is 1. The molecule has 0 spiro atoms. The summed E-state index contributed by atoms with van der Waals surface area (Å²) < 4.78 is 16.5. The second kappa shape index (κ2) is 11.4. The van der Waals surface area contributed by atoms with Crippen molar-refractivity contribution >= 4 is 17.5 Å². The molecule has 1 saturated heterocycles. The highest BCUT2D eigenvalue weighted by molar-refractivity contribution is 5.94. The van der Waals surface area contributed by atoms with Gasteiger partial charge >= 0.3 is 0 Å². The van der Waals surface area contributed by atoms with Gasteiger partial charge in [0.2, 0.25) is 5.91 Å². The van der Waals surface area contributed by atoms with Crippen molar-refractivity contribution in [2.75, 3.05) is 33.1 Å². The first-order valence-electron chi connectivity index (χ1n) is 12.0. The van der Waals surface area contributed by atoms with Crippen LogP contribution < -0.4 is 5.32 Å². The SMILES string of the molecule is COCO[C@@]1(Cc2cc(NC(=O)[C@H]3CC[C@H](C)CC3)ccn2)C(=O)N(COC)[C@H]1CC(C)C. The maximum absolute atomic E-state index is 13.2. The molecule has 1 aliphatic carbocycles. The van der Waals surface area contributed by atoms with Gasteiger partial charge < -0.3 is 24.4 Å². The molecule has 1 saturated carbocycles. The predicted octanol–water partition coefficient (Wildman–Crippen LogP) is 3.61. The van der Waals surface area contributed by atoms with Crippen LogP contribution >= 0.6 is 0 Å². The molecule has 2 fully saturated rings. The van der Waals surface area contributed by atoms with Crippen LogP contribution in [0.4, 0.5) is 5.69 Å². The smallest absolute Gasteiger partial charge is 0.259 e. The van der Waals surface area contributed by atoms with Gasteiger partial charge in [0.1, 0.15) is 13.5 Å². The molecule has 0 radical (unpaired) electrons. The van der Waals surface area contributed by atoms with Crippen LogP contribution in [0.15, 0.2) is 18.3 Å². The first-order valence-corrected chi connectivity index (χ1v) is 12.0. The van der Waals surface area contributed by atoms with Gasteiger partial charge in [-0.2, -0.15) is 0 Å². The fraction of sp³-hybridized carbons (Fsp3) is 0.720. The minimum Gasteiger partial charge on any atom is -0.364 e. The van der Waals surface area contributed by atoms with Gasteiger partial charge in [-0.15, -0.1) is 0 Å². The largest absolute Gasteiger partial charge is 0.364 e. The number of rotatable bonds is 11. The van der Waals surface area contributed by atoms with E-state index in [0.29, 0.717) is 29.6 Å². The van der Waals surface area contributed by atoms with Gasteiger partial charge in [0.25, 0.3) is 5.91 Å². The lowest BCUT2D eigenvalue weighted by Crippen LogP contribution is -2.76. The Bertz CT molecular complexity index is 809. The molecule has 2 aliphatic rings. The molecule has 8 nitrogen and oxygen atoms in total. The van der Waals surface area contributed by atoms with Crippen LogP contribution in [0.25, 0.3) is 0 Å². The molecule has 2 atom stereocenters. The van der Waals surface area contributed by atoms with Crippen LogP contribution in [0, 0.1) is 17.8 Å². The molecule has 0 aromatic carbocycles. The van der Waals surface area contributed by atoms with E-state index in [0.717, 1.165) is 32.1 Å². The Morgan fingerprint density at radius 2 is 1.97 bits per heavy atom. The Morgan fingerprint density at radius 1 is 1.24 bits per heavy atom. The summed E-state index contributed by atoms with van der Waals surface area (Å²) in [5.41, 5.74) is 0.334. The summed E-state index contributed by atoms with van der Waals surface area (Å²) in [7, 11) is 3.12. The van der Waals surface area contributed by atoms with Crippen LogP contribution in [0.3, 0.4) is 0 Å². The lowest BCUT2D eigenvalue weighted by Gasteiger charge is -2.55. The summed E-state index contributed by atoms with van der Waals surface area (Å²) in [4.78, 5) is 32.2. The Kier molecular flexibility index (Phi) is 8.84. The molecule has 184 valence electrons. The van der Waals surface area contributed by atoms with Crippen molar-refractivity contribution in [3.05, 3.63) is 24.0 Å². The van der Waals surface area contributed by atoms with E-state index < -0.39 is 5.60 Å². The summed E-state index contributed by atoms with van der Waals surface area (Å²) in [5, 5.41) is 3.06. The van der Waals surface area contributed by atoms with Crippen molar-refractivity contribution in [3.8, 4) is 0 Å². The monoisotopic (exact) mass is 461 g/mol. The molecule has 1 N–H and O–H groups in total. The lowest BCUT2D eigenvalue weighted by molar-refractivity contribution is -0.235. The zero-order valence-corrected chi connectivity index (χ0v) is 20.6. The summed E-state index contributed by atoms with van der Waals surface area (Å²) >= 11 is 0. The molecule has 8 heteroatoms. The van der Waals surface area contributed by atoms with Gasteiger partial charge in [-0.25, -0.2) is 0 Å². The van der Waals surface area contributed by atoms with Crippen molar-refractivity contribution in [2.45, 2.75) is 70.9 Å². The lowest BCUT2D eigenvalue weighted by atomic mass is 9.75. The number of anilines is 1. The van der Waals surface area contributed by atoms with Gasteiger partial charge in [-0.05, 0) is 56.1 Å². The molecule has 2 heterocycles. The minimum atomic E-state index is -1.06. The summed E-state index contributed by atoms with van der Waals surface area (Å²) in [5.74, 6) is 1.05. The van der Waals surface area contributed by atoms with Crippen molar-refractivity contribution in [1.82, 2.24) is 9.88 Å². The Labute approximate surface area is 197 Å². The quantitative estimate of drug-likeness (QED) is 0.400. The third-order valence-electron chi connectivity index (χ3n) is 6.85. The highest BCUT2D eigenvalue weighted by Crippen LogP contribution is 2.41. The molecule has 0 bridgehead atoms. The third kappa shape index (κ3) is 5.91. The second-order valence-corrected chi connectivity index (χ2v) is 9.94. The van der Waals surface area contributed by atoms with Gasteiger partial charge in [0.05, 0.1) is 6.04 Å². The summed E-state index contributed by atoms with van der Waals surface area (Å²) in [6.07, 6.45) is 6.80. The first-order chi connectivity index (χ1) is 15.8. The van der Waals surface area contributed by atoms with Crippen molar-refractivity contribution < 1.29 is 23.8 Å².